The highest BCUT2D eigenvalue weighted by Crippen LogP contribution is 2.59. The average Bonchev–Trinajstić information content (AvgIpc) is 3.20. The molecular formula is C15H20BrNO4. The van der Waals surface area contributed by atoms with E-state index in [0.717, 1.165) is 41.0 Å². The van der Waals surface area contributed by atoms with Crippen LogP contribution in [0.15, 0.2) is 10.5 Å². The molecule has 2 aliphatic rings. The molecule has 116 valence electrons. The van der Waals surface area contributed by atoms with Gasteiger partial charge in [-0.05, 0) is 29.4 Å². The van der Waals surface area contributed by atoms with Crippen LogP contribution in [0.5, 0.6) is 17.2 Å². The number of piperidine rings is 1. The Labute approximate surface area is 133 Å². The lowest BCUT2D eigenvalue weighted by Gasteiger charge is -2.28. The second kappa shape index (κ2) is 5.34. The van der Waals surface area contributed by atoms with Crippen LogP contribution in [0.25, 0.3) is 0 Å². The van der Waals surface area contributed by atoms with Crippen molar-refractivity contribution in [2.24, 2.45) is 0 Å². The third-order valence-electron chi connectivity index (χ3n) is 4.38. The van der Waals surface area contributed by atoms with Crippen molar-refractivity contribution in [3.8, 4) is 17.2 Å². The van der Waals surface area contributed by atoms with E-state index in [-0.39, 0.29) is 11.7 Å². The first-order chi connectivity index (χ1) is 10.1. The van der Waals surface area contributed by atoms with Crippen molar-refractivity contribution in [1.29, 1.82) is 0 Å². The molecule has 0 aromatic heterocycles. The van der Waals surface area contributed by atoms with Crippen LogP contribution in [0.1, 0.15) is 12.0 Å². The zero-order valence-electron chi connectivity index (χ0n) is 12.7. The third kappa shape index (κ3) is 2.20. The summed E-state index contributed by atoms with van der Waals surface area (Å²) in [5.41, 5.74) is 0.691. The van der Waals surface area contributed by atoms with E-state index in [0.29, 0.717) is 5.75 Å². The first kappa shape index (κ1) is 14.9. The standard InChI is InChI=1S/C15H20BrNO4/c1-17-6-5-15(11(8-17)21-15)12-9(18-2)7-10(19-3)13(16)14(12)20-4/h7,11H,5-6,8H2,1-4H3/t11-,15-/m1/s1. The van der Waals surface area contributed by atoms with Crippen molar-refractivity contribution < 1.29 is 18.9 Å². The van der Waals surface area contributed by atoms with Gasteiger partial charge in [0.15, 0.2) is 0 Å². The van der Waals surface area contributed by atoms with Crippen molar-refractivity contribution in [3.63, 3.8) is 0 Å². The number of hydrogen-bond donors (Lipinski definition) is 0. The predicted octanol–water partition coefficient (Wildman–Crippen LogP) is 2.40. The molecular weight excluding hydrogens is 338 g/mol. The summed E-state index contributed by atoms with van der Waals surface area (Å²) in [6, 6.07) is 1.88. The normalized spacial score (nSPS) is 28.0. The number of fused-ring (bicyclic) bond motifs is 1. The maximum absolute atomic E-state index is 6.07. The number of hydrogen-bond acceptors (Lipinski definition) is 5. The van der Waals surface area contributed by atoms with Crippen LogP contribution in [0, 0.1) is 0 Å². The first-order valence-corrected chi connectivity index (χ1v) is 7.72. The molecule has 0 amide bonds. The Balaban J connectivity index is 2.12. The molecule has 1 aromatic rings. The average molecular weight is 358 g/mol. The molecule has 2 saturated heterocycles. The van der Waals surface area contributed by atoms with Crippen molar-refractivity contribution in [1.82, 2.24) is 4.90 Å². The van der Waals surface area contributed by atoms with Gasteiger partial charge in [-0.1, -0.05) is 0 Å². The highest BCUT2D eigenvalue weighted by molar-refractivity contribution is 9.10. The molecule has 2 aliphatic heterocycles. The lowest BCUT2D eigenvalue weighted by atomic mass is 9.87. The molecule has 5 nitrogen and oxygen atoms in total. The van der Waals surface area contributed by atoms with Gasteiger partial charge in [-0.15, -0.1) is 0 Å². The molecule has 0 aliphatic carbocycles. The maximum atomic E-state index is 6.07. The van der Waals surface area contributed by atoms with E-state index in [4.69, 9.17) is 18.9 Å². The number of epoxide rings is 1. The lowest BCUT2D eigenvalue weighted by Crippen LogP contribution is -2.36. The molecule has 2 fully saturated rings. The summed E-state index contributed by atoms with van der Waals surface area (Å²) in [5.74, 6) is 2.17. The van der Waals surface area contributed by atoms with Gasteiger partial charge in [0.25, 0.3) is 0 Å². The SMILES string of the molecule is COc1cc(OC)c([C@@]23CCN(C)C[C@H]2O3)c(OC)c1Br. The van der Waals surface area contributed by atoms with Gasteiger partial charge in [-0.3, -0.25) is 0 Å². The smallest absolute Gasteiger partial charge is 0.146 e. The molecule has 2 atom stereocenters. The topological polar surface area (TPSA) is 43.5 Å². The number of ether oxygens (including phenoxy) is 4. The number of nitrogens with zero attached hydrogens (tertiary/aromatic N) is 1. The number of likely N-dealkylation sites (N-methyl/N-ethyl adjacent to an activating group) is 1. The fourth-order valence-corrected chi connectivity index (χ4v) is 3.83. The molecule has 21 heavy (non-hydrogen) atoms. The minimum atomic E-state index is -0.294. The summed E-state index contributed by atoms with van der Waals surface area (Å²) in [4.78, 5) is 2.29. The van der Waals surface area contributed by atoms with Crippen LogP contribution < -0.4 is 14.2 Å². The van der Waals surface area contributed by atoms with Gasteiger partial charge in [0.2, 0.25) is 0 Å². The zero-order chi connectivity index (χ0) is 15.2. The molecule has 3 rings (SSSR count). The van der Waals surface area contributed by atoms with E-state index in [9.17, 15) is 0 Å². The molecule has 0 bridgehead atoms. The molecule has 0 radical (unpaired) electrons. The van der Waals surface area contributed by atoms with Gasteiger partial charge in [0.05, 0.1) is 26.9 Å². The zero-order valence-corrected chi connectivity index (χ0v) is 14.3. The summed E-state index contributed by atoms with van der Waals surface area (Å²) in [5, 5.41) is 0. The van der Waals surface area contributed by atoms with Crippen molar-refractivity contribution >= 4 is 15.9 Å². The summed E-state index contributed by atoms with van der Waals surface area (Å²) in [6.07, 6.45) is 1.12. The van der Waals surface area contributed by atoms with Gasteiger partial charge in [0, 0.05) is 19.2 Å². The molecule has 0 spiro atoms. The van der Waals surface area contributed by atoms with Gasteiger partial charge < -0.3 is 23.8 Å². The van der Waals surface area contributed by atoms with Gasteiger partial charge >= 0.3 is 0 Å². The fourth-order valence-electron chi connectivity index (χ4n) is 3.19. The second-order valence-corrected chi connectivity index (χ2v) is 6.30. The van der Waals surface area contributed by atoms with Crippen LogP contribution in [0.2, 0.25) is 0 Å². The quantitative estimate of drug-likeness (QED) is 0.774. The molecule has 2 heterocycles. The Morgan fingerprint density at radius 3 is 2.52 bits per heavy atom. The second-order valence-electron chi connectivity index (χ2n) is 5.51. The van der Waals surface area contributed by atoms with Gasteiger partial charge in [-0.2, -0.15) is 0 Å². The van der Waals surface area contributed by atoms with Crippen molar-refractivity contribution in [2.75, 3.05) is 41.5 Å². The minimum absolute atomic E-state index is 0.194. The summed E-state index contributed by atoms with van der Waals surface area (Å²) in [7, 11) is 7.06. The highest BCUT2D eigenvalue weighted by Gasteiger charge is 2.62. The fraction of sp³-hybridized carbons (Fsp3) is 0.600. The minimum Gasteiger partial charge on any atom is -0.496 e. The first-order valence-electron chi connectivity index (χ1n) is 6.92. The Kier molecular flexibility index (Phi) is 3.80. The van der Waals surface area contributed by atoms with Gasteiger partial charge in [-0.25, -0.2) is 0 Å². The van der Waals surface area contributed by atoms with E-state index in [1.807, 2.05) is 6.07 Å². The number of likely N-dealkylation sites (tertiary alicyclic amines) is 1. The Morgan fingerprint density at radius 2 is 1.95 bits per heavy atom. The number of halogens is 1. The largest absolute Gasteiger partial charge is 0.496 e. The summed E-state index contributed by atoms with van der Waals surface area (Å²) >= 11 is 3.57. The van der Waals surface area contributed by atoms with Crippen LogP contribution in [0.4, 0.5) is 0 Å². The van der Waals surface area contributed by atoms with Crippen LogP contribution >= 0.6 is 15.9 Å². The Morgan fingerprint density at radius 1 is 1.24 bits per heavy atom. The van der Waals surface area contributed by atoms with Crippen molar-refractivity contribution in [3.05, 3.63) is 16.1 Å². The molecule has 0 unspecified atom stereocenters. The molecule has 1 aromatic carbocycles. The van der Waals surface area contributed by atoms with Crippen LogP contribution in [0.3, 0.4) is 0 Å². The van der Waals surface area contributed by atoms with Crippen molar-refractivity contribution in [2.45, 2.75) is 18.1 Å². The number of rotatable bonds is 4. The molecule has 0 N–H and O–H groups in total. The predicted molar refractivity (Wildman–Crippen MR) is 82.5 cm³/mol. The van der Waals surface area contributed by atoms with Crippen LogP contribution in [-0.4, -0.2) is 52.5 Å². The number of benzene rings is 1. The van der Waals surface area contributed by atoms with E-state index in [2.05, 4.69) is 27.9 Å². The number of methoxy groups -OCH3 is 3. The Hall–Kier alpha value is -0.980. The lowest BCUT2D eigenvalue weighted by molar-refractivity contribution is 0.248. The van der Waals surface area contributed by atoms with E-state index >= 15 is 0 Å². The summed E-state index contributed by atoms with van der Waals surface area (Å²) in [6.45, 7) is 1.92. The van der Waals surface area contributed by atoms with E-state index in [1.165, 1.54) is 0 Å². The highest BCUT2D eigenvalue weighted by atomic mass is 79.9. The third-order valence-corrected chi connectivity index (χ3v) is 5.13. The van der Waals surface area contributed by atoms with Crippen LogP contribution in [-0.2, 0) is 10.3 Å². The summed E-state index contributed by atoms with van der Waals surface area (Å²) < 4.78 is 23.5. The Bertz CT molecular complexity index is 565. The monoisotopic (exact) mass is 357 g/mol. The molecule has 6 heteroatoms. The maximum Gasteiger partial charge on any atom is 0.146 e. The van der Waals surface area contributed by atoms with E-state index < -0.39 is 0 Å². The molecule has 0 saturated carbocycles. The van der Waals surface area contributed by atoms with E-state index in [1.54, 1.807) is 21.3 Å². The van der Waals surface area contributed by atoms with Gasteiger partial charge in [0.1, 0.15) is 33.4 Å².